The lowest BCUT2D eigenvalue weighted by Gasteiger charge is -2.20. The van der Waals surface area contributed by atoms with Gasteiger partial charge in [-0.15, -0.1) is 24.0 Å². The van der Waals surface area contributed by atoms with Crippen LogP contribution >= 0.6 is 24.0 Å². The predicted octanol–water partition coefficient (Wildman–Crippen LogP) is 2.27. The maximum Gasteiger partial charge on any atom is 0.218 e. The minimum atomic E-state index is 0. The summed E-state index contributed by atoms with van der Waals surface area (Å²) < 4.78 is 5.25. The van der Waals surface area contributed by atoms with E-state index < -0.39 is 0 Å². The lowest BCUT2D eigenvalue weighted by molar-refractivity contribution is 0.392. The maximum absolute atomic E-state index is 5.25. The Morgan fingerprint density at radius 1 is 1.45 bits per heavy atom. The monoisotopic (exact) mass is 390 g/mol. The smallest absolute Gasteiger partial charge is 0.218 e. The van der Waals surface area contributed by atoms with E-state index in [0.29, 0.717) is 12.4 Å². The molecule has 2 rings (SSSR count). The summed E-state index contributed by atoms with van der Waals surface area (Å²) in [6.07, 6.45) is 4.24. The fraction of sp³-hybridized carbons (Fsp3) is 0.571. The van der Waals surface area contributed by atoms with Crippen LogP contribution in [0, 0.1) is 0 Å². The molecule has 1 aromatic heterocycles. The first-order valence-electron chi connectivity index (χ1n) is 6.86. The van der Waals surface area contributed by atoms with Gasteiger partial charge in [0.25, 0.3) is 0 Å². The molecule has 20 heavy (non-hydrogen) atoms. The number of nitrogens with zero attached hydrogens (tertiary/aromatic N) is 3. The second-order valence-electron chi connectivity index (χ2n) is 4.54. The van der Waals surface area contributed by atoms with Crippen LogP contribution in [0.3, 0.4) is 0 Å². The van der Waals surface area contributed by atoms with Crippen molar-refractivity contribution in [2.75, 3.05) is 26.7 Å². The van der Waals surface area contributed by atoms with E-state index >= 15 is 0 Å². The van der Waals surface area contributed by atoms with Crippen molar-refractivity contribution in [1.29, 1.82) is 0 Å². The number of hydrogen-bond acceptors (Lipinski definition) is 3. The van der Waals surface area contributed by atoms with Gasteiger partial charge in [-0.1, -0.05) is 6.07 Å². The van der Waals surface area contributed by atoms with Crippen molar-refractivity contribution in [3.05, 3.63) is 23.9 Å². The topological polar surface area (TPSA) is 49.8 Å². The number of pyridine rings is 1. The molecule has 1 aliphatic rings. The molecule has 1 aliphatic heterocycles. The van der Waals surface area contributed by atoms with E-state index in [0.717, 1.165) is 31.2 Å². The van der Waals surface area contributed by atoms with Crippen LogP contribution in [-0.4, -0.2) is 42.6 Å². The summed E-state index contributed by atoms with van der Waals surface area (Å²) in [6, 6.07) is 3.92. The van der Waals surface area contributed by atoms with Gasteiger partial charge in [0.2, 0.25) is 5.88 Å². The van der Waals surface area contributed by atoms with Gasteiger partial charge >= 0.3 is 0 Å². The van der Waals surface area contributed by atoms with E-state index in [4.69, 9.17) is 4.74 Å². The van der Waals surface area contributed by atoms with Crippen LogP contribution < -0.4 is 10.1 Å². The molecule has 5 nitrogen and oxygen atoms in total. The molecule has 1 N–H and O–H groups in total. The van der Waals surface area contributed by atoms with E-state index in [9.17, 15) is 0 Å². The first-order chi connectivity index (χ1) is 9.35. The molecule has 0 radical (unpaired) electrons. The molecule has 1 fully saturated rings. The largest absolute Gasteiger partial charge is 0.481 e. The molecular formula is C14H23IN4O. The molecule has 0 saturated carbocycles. The minimum absolute atomic E-state index is 0. The number of rotatable bonds is 4. The molecule has 6 heteroatoms. The molecule has 0 atom stereocenters. The van der Waals surface area contributed by atoms with Crippen LogP contribution in [0.4, 0.5) is 0 Å². The first kappa shape index (κ1) is 17.0. The van der Waals surface area contributed by atoms with Crippen LogP contribution in [0.1, 0.15) is 25.3 Å². The SMILES string of the molecule is CCNC(=NCc1cccnc1OC)N1CCCC1.I. The number of nitrogens with one attached hydrogen (secondary N) is 1. The molecule has 0 aliphatic carbocycles. The van der Waals surface area contributed by atoms with Gasteiger partial charge < -0.3 is 15.0 Å². The fourth-order valence-electron chi connectivity index (χ4n) is 2.24. The van der Waals surface area contributed by atoms with Gasteiger partial charge in [-0.2, -0.15) is 0 Å². The second-order valence-corrected chi connectivity index (χ2v) is 4.54. The molecule has 1 aromatic rings. The average molecular weight is 390 g/mol. The van der Waals surface area contributed by atoms with Gasteiger partial charge in [0.15, 0.2) is 5.96 Å². The maximum atomic E-state index is 5.25. The molecule has 0 aromatic carbocycles. The molecular weight excluding hydrogens is 367 g/mol. The Kier molecular flexibility index (Phi) is 7.64. The third-order valence-corrected chi connectivity index (χ3v) is 3.18. The fourth-order valence-corrected chi connectivity index (χ4v) is 2.24. The number of ether oxygens (including phenoxy) is 1. The number of guanidine groups is 1. The molecule has 0 amide bonds. The molecule has 1 saturated heterocycles. The van der Waals surface area contributed by atoms with E-state index in [1.54, 1.807) is 13.3 Å². The Labute approximate surface area is 137 Å². The van der Waals surface area contributed by atoms with Crippen molar-refractivity contribution in [2.24, 2.45) is 4.99 Å². The standard InChI is InChI=1S/C14H22N4O.HI/c1-3-15-14(18-9-4-5-10-18)17-11-12-7-6-8-16-13(12)19-2;/h6-8H,3-5,9-11H2,1-2H3,(H,15,17);1H. The number of halogens is 1. The van der Waals surface area contributed by atoms with Gasteiger partial charge in [-0.05, 0) is 25.8 Å². The van der Waals surface area contributed by atoms with Crippen LogP contribution in [0.5, 0.6) is 5.88 Å². The third-order valence-electron chi connectivity index (χ3n) is 3.18. The summed E-state index contributed by atoms with van der Waals surface area (Å²) in [7, 11) is 1.64. The normalized spacial score (nSPS) is 14.9. The molecule has 2 heterocycles. The quantitative estimate of drug-likeness (QED) is 0.487. The average Bonchev–Trinajstić information content (AvgIpc) is 2.97. The van der Waals surface area contributed by atoms with Crippen molar-refractivity contribution in [3.63, 3.8) is 0 Å². The van der Waals surface area contributed by atoms with E-state index in [1.807, 2.05) is 12.1 Å². The van der Waals surface area contributed by atoms with Crippen LogP contribution in [0.2, 0.25) is 0 Å². The zero-order valence-corrected chi connectivity index (χ0v) is 14.5. The van der Waals surface area contributed by atoms with Crippen molar-refractivity contribution in [3.8, 4) is 5.88 Å². The zero-order chi connectivity index (χ0) is 13.5. The van der Waals surface area contributed by atoms with Gasteiger partial charge in [-0.3, -0.25) is 0 Å². The van der Waals surface area contributed by atoms with Crippen molar-refractivity contribution < 1.29 is 4.74 Å². The van der Waals surface area contributed by atoms with E-state index in [1.165, 1.54) is 12.8 Å². The summed E-state index contributed by atoms with van der Waals surface area (Å²) in [6.45, 7) is 5.76. The van der Waals surface area contributed by atoms with Crippen LogP contribution in [-0.2, 0) is 6.54 Å². The highest BCUT2D eigenvalue weighted by molar-refractivity contribution is 14.0. The summed E-state index contributed by atoms with van der Waals surface area (Å²) >= 11 is 0. The molecule has 112 valence electrons. The van der Waals surface area contributed by atoms with Crippen molar-refractivity contribution in [1.82, 2.24) is 15.2 Å². The highest BCUT2D eigenvalue weighted by Gasteiger charge is 2.15. The number of likely N-dealkylation sites (tertiary alicyclic amines) is 1. The van der Waals surface area contributed by atoms with Crippen LogP contribution in [0.25, 0.3) is 0 Å². The zero-order valence-electron chi connectivity index (χ0n) is 12.1. The minimum Gasteiger partial charge on any atom is -0.481 e. The van der Waals surface area contributed by atoms with Crippen molar-refractivity contribution >= 4 is 29.9 Å². The highest BCUT2D eigenvalue weighted by atomic mass is 127. The van der Waals surface area contributed by atoms with Crippen LogP contribution in [0.15, 0.2) is 23.3 Å². The predicted molar refractivity (Wildman–Crippen MR) is 91.8 cm³/mol. The van der Waals surface area contributed by atoms with Gasteiger partial charge in [-0.25, -0.2) is 9.98 Å². The molecule has 0 spiro atoms. The Bertz CT molecular complexity index is 433. The number of aromatic nitrogens is 1. The number of hydrogen-bond donors (Lipinski definition) is 1. The first-order valence-corrected chi connectivity index (χ1v) is 6.86. The Morgan fingerprint density at radius 3 is 2.85 bits per heavy atom. The Balaban J connectivity index is 0.00000200. The lowest BCUT2D eigenvalue weighted by Crippen LogP contribution is -2.39. The Morgan fingerprint density at radius 2 is 2.20 bits per heavy atom. The number of aliphatic imine (C=N–C) groups is 1. The highest BCUT2D eigenvalue weighted by Crippen LogP contribution is 2.15. The van der Waals surface area contributed by atoms with Gasteiger partial charge in [0, 0.05) is 31.4 Å². The Hall–Kier alpha value is -1.05. The third kappa shape index (κ3) is 4.50. The second kappa shape index (κ2) is 8.99. The summed E-state index contributed by atoms with van der Waals surface area (Å²) in [4.78, 5) is 11.2. The molecule has 0 unspecified atom stereocenters. The van der Waals surface area contributed by atoms with Crippen molar-refractivity contribution in [2.45, 2.75) is 26.3 Å². The van der Waals surface area contributed by atoms with Gasteiger partial charge in [0.05, 0.1) is 13.7 Å². The van der Waals surface area contributed by atoms with E-state index in [2.05, 4.69) is 27.1 Å². The van der Waals surface area contributed by atoms with E-state index in [-0.39, 0.29) is 24.0 Å². The number of methoxy groups -OCH3 is 1. The van der Waals surface area contributed by atoms with Gasteiger partial charge in [0.1, 0.15) is 0 Å². The summed E-state index contributed by atoms with van der Waals surface area (Å²) in [5.41, 5.74) is 1.01. The summed E-state index contributed by atoms with van der Waals surface area (Å²) in [5, 5.41) is 3.35. The summed E-state index contributed by atoms with van der Waals surface area (Å²) in [5.74, 6) is 1.65. The lowest BCUT2D eigenvalue weighted by atomic mass is 10.3. The molecule has 0 bridgehead atoms.